The molecule has 42 valence electrons. The second-order valence-electron chi connectivity index (χ2n) is 1.64. The summed E-state index contributed by atoms with van der Waals surface area (Å²) in [6.45, 7) is 3.72. The first-order valence-electron chi connectivity index (χ1n) is 2.44. The SMILES string of the molecule is C=C1C=CC=NN1C. The lowest BCUT2D eigenvalue weighted by atomic mass is 10.4. The van der Waals surface area contributed by atoms with Crippen molar-refractivity contribution in [1.82, 2.24) is 5.01 Å². The van der Waals surface area contributed by atoms with Gasteiger partial charge >= 0.3 is 0 Å². The van der Waals surface area contributed by atoms with E-state index < -0.39 is 0 Å². The van der Waals surface area contributed by atoms with Gasteiger partial charge in [0, 0.05) is 13.3 Å². The minimum Gasteiger partial charge on any atom is -0.269 e. The van der Waals surface area contributed by atoms with Gasteiger partial charge in [0.1, 0.15) is 0 Å². The van der Waals surface area contributed by atoms with Crippen LogP contribution >= 0.6 is 0 Å². The molecule has 0 saturated carbocycles. The average molecular weight is 108 g/mol. The maximum atomic E-state index is 3.93. The van der Waals surface area contributed by atoms with E-state index in [4.69, 9.17) is 0 Å². The average Bonchev–Trinajstić information content (AvgIpc) is 1.77. The van der Waals surface area contributed by atoms with Gasteiger partial charge in [-0.3, -0.25) is 5.01 Å². The smallest absolute Gasteiger partial charge is 0.0519 e. The number of hydrogen-bond acceptors (Lipinski definition) is 2. The van der Waals surface area contributed by atoms with Crippen LogP contribution in [0.25, 0.3) is 0 Å². The fraction of sp³-hybridized carbons (Fsp3) is 0.167. The minimum atomic E-state index is 0.924. The van der Waals surface area contributed by atoms with Crippen LogP contribution in [-0.2, 0) is 0 Å². The molecule has 0 N–H and O–H groups in total. The quantitative estimate of drug-likeness (QED) is 0.451. The van der Waals surface area contributed by atoms with E-state index in [0.29, 0.717) is 0 Å². The molecule has 0 aromatic heterocycles. The Hall–Kier alpha value is -1.05. The van der Waals surface area contributed by atoms with Crippen LogP contribution in [0.1, 0.15) is 0 Å². The largest absolute Gasteiger partial charge is 0.269 e. The number of allylic oxidation sites excluding steroid dienone is 2. The van der Waals surface area contributed by atoms with Gasteiger partial charge in [0.2, 0.25) is 0 Å². The Kier molecular flexibility index (Phi) is 1.16. The molecule has 0 fully saturated rings. The summed E-state index contributed by atoms with van der Waals surface area (Å²) in [4.78, 5) is 0. The van der Waals surface area contributed by atoms with E-state index in [1.165, 1.54) is 0 Å². The van der Waals surface area contributed by atoms with E-state index in [2.05, 4.69) is 11.7 Å². The number of rotatable bonds is 0. The van der Waals surface area contributed by atoms with Crippen molar-refractivity contribution < 1.29 is 0 Å². The van der Waals surface area contributed by atoms with E-state index in [1.807, 2.05) is 19.2 Å². The molecule has 0 amide bonds. The van der Waals surface area contributed by atoms with E-state index in [1.54, 1.807) is 11.2 Å². The monoisotopic (exact) mass is 108 g/mol. The van der Waals surface area contributed by atoms with Gasteiger partial charge in [0.05, 0.1) is 5.70 Å². The molecule has 8 heavy (non-hydrogen) atoms. The maximum Gasteiger partial charge on any atom is 0.0519 e. The summed E-state index contributed by atoms with van der Waals surface area (Å²) in [5.41, 5.74) is 0.924. The third kappa shape index (κ3) is 0.780. The van der Waals surface area contributed by atoms with Gasteiger partial charge in [-0.15, -0.1) is 0 Å². The molecule has 0 aromatic rings. The van der Waals surface area contributed by atoms with Crippen molar-refractivity contribution in [2.75, 3.05) is 7.05 Å². The highest BCUT2D eigenvalue weighted by Gasteiger charge is 1.94. The van der Waals surface area contributed by atoms with E-state index >= 15 is 0 Å². The predicted molar refractivity (Wildman–Crippen MR) is 34.5 cm³/mol. The number of likely N-dealkylation sites (N-methyl/N-ethyl adjacent to an activating group) is 1. The van der Waals surface area contributed by atoms with Gasteiger partial charge in [0.15, 0.2) is 0 Å². The Morgan fingerprint density at radius 3 is 2.88 bits per heavy atom. The Morgan fingerprint density at radius 2 is 2.50 bits per heavy atom. The van der Waals surface area contributed by atoms with Gasteiger partial charge in [0.25, 0.3) is 0 Å². The third-order valence-corrected chi connectivity index (χ3v) is 1.03. The Balaban J connectivity index is 2.74. The second kappa shape index (κ2) is 1.82. The third-order valence-electron chi connectivity index (χ3n) is 1.03. The van der Waals surface area contributed by atoms with Crippen LogP contribution in [0.15, 0.2) is 29.5 Å². The molecule has 0 radical (unpaired) electrons. The van der Waals surface area contributed by atoms with Crippen molar-refractivity contribution in [3.8, 4) is 0 Å². The van der Waals surface area contributed by atoms with Gasteiger partial charge in [-0.05, 0) is 12.2 Å². The van der Waals surface area contributed by atoms with E-state index in [9.17, 15) is 0 Å². The molecule has 0 unspecified atom stereocenters. The van der Waals surface area contributed by atoms with Crippen LogP contribution in [0.4, 0.5) is 0 Å². The fourth-order valence-corrected chi connectivity index (χ4v) is 0.475. The molecular formula is C6H8N2. The first-order valence-corrected chi connectivity index (χ1v) is 2.44. The number of hydrogen-bond donors (Lipinski definition) is 0. The molecule has 2 heteroatoms. The molecule has 1 rings (SSSR count). The van der Waals surface area contributed by atoms with Crippen LogP contribution in [0, 0.1) is 0 Å². The van der Waals surface area contributed by atoms with Crippen LogP contribution in [0.3, 0.4) is 0 Å². The van der Waals surface area contributed by atoms with Gasteiger partial charge in [-0.1, -0.05) is 6.58 Å². The summed E-state index contributed by atoms with van der Waals surface area (Å²) in [6.07, 6.45) is 5.50. The van der Waals surface area contributed by atoms with Crippen molar-refractivity contribution in [1.29, 1.82) is 0 Å². The van der Waals surface area contributed by atoms with Crippen LogP contribution in [0.5, 0.6) is 0 Å². The van der Waals surface area contributed by atoms with Gasteiger partial charge < -0.3 is 0 Å². The Bertz CT molecular complexity index is 156. The molecule has 2 nitrogen and oxygen atoms in total. The molecule has 0 aliphatic carbocycles. The summed E-state index contributed by atoms with van der Waals surface area (Å²) >= 11 is 0. The van der Waals surface area contributed by atoms with E-state index in [-0.39, 0.29) is 0 Å². The lowest BCUT2D eigenvalue weighted by Crippen LogP contribution is -2.09. The van der Waals surface area contributed by atoms with Gasteiger partial charge in [-0.2, -0.15) is 5.10 Å². The standard InChI is InChI=1S/C6H8N2/c1-6-4-3-5-7-8(6)2/h3-5H,1H2,2H3. The van der Waals surface area contributed by atoms with Crippen molar-refractivity contribution in [3.05, 3.63) is 24.4 Å². The fourth-order valence-electron chi connectivity index (χ4n) is 0.475. The van der Waals surface area contributed by atoms with Crippen molar-refractivity contribution >= 4 is 6.21 Å². The highest BCUT2D eigenvalue weighted by molar-refractivity contribution is 5.72. The van der Waals surface area contributed by atoms with Gasteiger partial charge in [-0.25, -0.2) is 0 Å². The molecule has 0 aromatic carbocycles. The van der Waals surface area contributed by atoms with Crippen molar-refractivity contribution in [3.63, 3.8) is 0 Å². The number of hydrazone groups is 1. The van der Waals surface area contributed by atoms with Crippen molar-refractivity contribution in [2.24, 2.45) is 5.10 Å². The normalized spacial score (nSPS) is 17.6. The molecule has 0 saturated heterocycles. The zero-order chi connectivity index (χ0) is 5.98. The highest BCUT2D eigenvalue weighted by Crippen LogP contribution is 2.02. The first kappa shape index (κ1) is 5.09. The van der Waals surface area contributed by atoms with Crippen LogP contribution < -0.4 is 0 Å². The summed E-state index contributed by atoms with van der Waals surface area (Å²) < 4.78 is 0. The molecule has 1 heterocycles. The summed E-state index contributed by atoms with van der Waals surface area (Å²) in [5, 5.41) is 5.66. The number of nitrogens with zero attached hydrogens (tertiary/aromatic N) is 2. The Morgan fingerprint density at radius 1 is 1.75 bits per heavy atom. The molecule has 0 spiro atoms. The minimum absolute atomic E-state index is 0.924. The molecule has 1 aliphatic rings. The first-order chi connectivity index (χ1) is 3.80. The Labute approximate surface area is 48.8 Å². The summed E-state index contributed by atoms with van der Waals surface area (Å²) in [5.74, 6) is 0. The molecule has 0 bridgehead atoms. The zero-order valence-corrected chi connectivity index (χ0v) is 4.83. The zero-order valence-electron chi connectivity index (χ0n) is 4.83. The lowest BCUT2D eigenvalue weighted by Gasteiger charge is -2.13. The molecule has 0 atom stereocenters. The highest BCUT2D eigenvalue weighted by atomic mass is 15.4. The maximum absolute atomic E-state index is 3.93. The van der Waals surface area contributed by atoms with Crippen molar-refractivity contribution in [2.45, 2.75) is 0 Å². The predicted octanol–water partition coefficient (Wildman–Crippen LogP) is 0.987. The summed E-state index contributed by atoms with van der Waals surface area (Å²) in [7, 11) is 1.86. The summed E-state index contributed by atoms with van der Waals surface area (Å²) in [6, 6.07) is 0. The molecule has 1 aliphatic heterocycles. The topological polar surface area (TPSA) is 15.6 Å². The molecular weight excluding hydrogens is 100 g/mol. The van der Waals surface area contributed by atoms with Crippen LogP contribution in [0.2, 0.25) is 0 Å². The van der Waals surface area contributed by atoms with Crippen LogP contribution in [-0.4, -0.2) is 18.3 Å². The van der Waals surface area contributed by atoms with E-state index in [0.717, 1.165) is 5.70 Å². The second-order valence-corrected chi connectivity index (χ2v) is 1.64. The lowest BCUT2D eigenvalue weighted by molar-refractivity contribution is 0.463.